The standard InChI is InChI=1S/C65H127NO19P2/c1-6-10-14-18-21-24-27-28-29-30-33-37-41-45-54(68)50-57(69)66-58-61(80-49-46-53(67)44-40-36-17-13-9-4)60(84-86(71,72)73)56(51-77-5)83-64(58)81-52-55-59(70)62(78-47-42-38-34-31-25-22-19-15-11-7-2)63(65(82-55)85-87(74,75)76)79-48-43-39-35-32-26-23-20-16-12-8-3/h24,27,53-56,58-65,67-68,70H,6-23,25-26,28-52H2,1-5H3,(H,66,69)(H2,71,72,73)(H2,74,75,76)/b27-24-/t53-,54-,55-,56-,58-,59-,60-,61-,62+,63-,64-,65-/m1/s1. The lowest BCUT2D eigenvalue weighted by atomic mass is 9.95. The number of carbonyl (C=O) groups excluding carboxylic acids is 1. The van der Waals surface area contributed by atoms with E-state index < -0.39 is 102 Å². The fraction of sp³-hybridized carbons (Fsp3) is 0.954. The summed E-state index contributed by atoms with van der Waals surface area (Å²) in [5.41, 5.74) is 0. The summed E-state index contributed by atoms with van der Waals surface area (Å²) in [5.74, 6) is -0.654. The number of aliphatic hydroxyl groups excluding tert-OH is 3. The van der Waals surface area contributed by atoms with Crippen LogP contribution in [0.1, 0.15) is 285 Å². The molecule has 22 heteroatoms. The van der Waals surface area contributed by atoms with Gasteiger partial charge in [-0.2, -0.15) is 0 Å². The molecule has 2 saturated heterocycles. The second-order valence-electron chi connectivity index (χ2n) is 24.7. The van der Waals surface area contributed by atoms with Gasteiger partial charge in [0.2, 0.25) is 5.91 Å². The van der Waals surface area contributed by atoms with Crippen LogP contribution in [0.4, 0.5) is 0 Å². The average molecular weight is 1290 g/mol. The average Bonchev–Trinajstić information content (AvgIpc) is 1.14. The van der Waals surface area contributed by atoms with E-state index in [4.69, 9.17) is 42.2 Å². The first-order valence-corrected chi connectivity index (χ1v) is 37.8. The molecule has 1 amide bonds. The number of phosphoric acid groups is 2. The molecule has 20 nitrogen and oxygen atoms in total. The van der Waals surface area contributed by atoms with Crippen LogP contribution in [-0.4, -0.2) is 155 Å². The summed E-state index contributed by atoms with van der Waals surface area (Å²) in [5, 5.41) is 37.3. The lowest BCUT2D eigenvalue weighted by Crippen LogP contribution is -2.67. The third-order valence-corrected chi connectivity index (χ3v) is 17.6. The van der Waals surface area contributed by atoms with Crippen LogP contribution in [0, 0.1) is 0 Å². The molecular formula is C65H127NO19P2. The molecule has 0 aliphatic carbocycles. The molecule has 12 atom stereocenters. The number of hydrogen-bond acceptors (Lipinski definition) is 15. The summed E-state index contributed by atoms with van der Waals surface area (Å²) in [7, 11) is -9.20. The third-order valence-electron chi connectivity index (χ3n) is 16.6. The van der Waals surface area contributed by atoms with Crippen LogP contribution in [0.25, 0.3) is 0 Å². The topological polar surface area (TPSA) is 288 Å². The first-order chi connectivity index (χ1) is 42.0. The minimum atomic E-state index is -5.29. The number of carbonyl (C=O) groups is 1. The molecule has 2 aliphatic heterocycles. The number of unbranched alkanes of at least 4 members (excludes halogenated alkanes) is 31. The van der Waals surface area contributed by atoms with E-state index >= 15 is 0 Å². The largest absolute Gasteiger partial charge is 0.472 e. The Labute approximate surface area is 526 Å². The van der Waals surface area contributed by atoms with E-state index in [1.165, 1.54) is 97.0 Å². The normalized spacial score (nSPS) is 23.6. The number of ether oxygens (including phenoxy) is 7. The number of phosphoric ester groups is 2. The molecule has 0 bridgehead atoms. The van der Waals surface area contributed by atoms with Crippen molar-refractivity contribution in [1.29, 1.82) is 0 Å². The Bertz CT molecular complexity index is 1750. The van der Waals surface area contributed by atoms with Crippen LogP contribution < -0.4 is 5.32 Å². The van der Waals surface area contributed by atoms with Gasteiger partial charge in [0.15, 0.2) is 12.6 Å². The van der Waals surface area contributed by atoms with Gasteiger partial charge in [-0.25, -0.2) is 9.13 Å². The van der Waals surface area contributed by atoms with Gasteiger partial charge in [0, 0.05) is 26.9 Å². The molecule has 0 aromatic carbocycles. The molecule has 0 spiro atoms. The summed E-state index contributed by atoms with van der Waals surface area (Å²) in [6, 6.07) is -1.41. The van der Waals surface area contributed by atoms with Crippen LogP contribution in [0.5, 0.6) is 0 Å². The maximum absolute atomic E-state index is 14.1. The lowest BCUT2D eigenvalue weighted by molar-refractivity contribution is -0.319. The van der Waals surface area contributed by atoms with Crippen molar-refractivity contribution in [2.75, 3.05) is 40.1 Å². The second-order valence-corrected chi connectivity index (χ2v) is 27.0. The van der Waals surface area contributed by atoms with Gasteiger partial charge in [0.25, 0.3) is 0 Å². The SMILES string of the molecule is CCCCCC/C=C\CCCCCCC[C@@H](O)CC(=O)N[C@H]1[C@H](OC[C@H]2O[C@H](OP(=O)(O)O)[C@H](OCCCCCCCCCCCC)[C@@H](OCCCCCCCCCCCC)[C@@H]2O)O[C@H](COC)[C@@H](OP(=O)(O)O)[C@@H]1OCC[C@H](O)CCCCCCC. The molecule has 0 saturated carbocycles. The van der Waals surface area contributed by atoms with Crippen molar-refractivity contribution in [3.8, 4) is 0 Å². The Balaban J connectivity index is 2.41. The van der Waals surface area contributed by atoms with Crippen LogP contribution >= 0.6 is 15.6 Å². The molecule has 2 heterocycles. The van der Waals surface area contributed by atoms with Crippen LogP contribution in [-0.2, 0) is 56.1 Å². The second kappa shape index (κ2) is 52.4. The Morgan fingerprint density at radius 3 is 1.36 bits per heavy atom. The molecule has 516 valence electrons. The van der Waals surface area contributed by atoms with Gasteiger partial charge >= 0.3 is 15.6 Å². The zero-order valence-electron chi connectivity index (χ0n) is 54.8. The highest BCUT2D eigenvalue weighted by Gasteiger charge is 2.53. The van der Waals surface area contributed by atoms with Gasteiger partial charge in [-0.05, 0) is 57.8 Å². The number of amides is 1. The molecule has 8 N–H and O–H groups in total. The van der Waals surface area contributed by atoms with Gasteiger partial charge < -0.3 is 73.4 Å². The number of methoxy groups -OCH3 is 1. The quantitative estimate of drug-likeness (QED) is 0.0159. The van der Waals surface area contributed by atoms with Crippen LogP contribution in [0.15, 0.2) is 12.2 Å². The maximum atomic E-state index is 14.1. The van der Waals surface area contributed by atoms with Crippen molar-refractivity contribution in [3.63, 3.8) is 0 Å². The van der Waals surface area contributed by atoms with E-state index in [-0.39, 0.29) is 39.3 Å². The molecule has 0 aromatic rings. The van der Waals surface area contributed by atoms with Crippen LogP contribution in [0.3, 0.4) is 0 Å². The van der Waals surface area contributed by atoms with E-state index in [1.807, 2.05) is 0 Å². The van der Waals surface area contributed by atoms with E-state index in [2.05, 4.69) is 45.2 Å². The van der Waals surface area contributed by atoms with E-state index in [0.717, 1.165) is 122 Å². The zero-order chi connectivity index (χ0) is 63.8. The molecule has 2 aliphatic rings. The number of aliphatic hydroxyl groups is 3. The summed E-state index contributed by atoms with van der Waals surface area (Å²) in [4.78, 5) is 55.2. The van der Waals surface area contributed by atoms with Crippen molar-refractivity contribution in [2.45, 2.75) is 358 Å². The third kappa shape index (κ3) is 41.4. The molecule has 2 fully saturated rings. The first kappa shape index (κ1) is 82.1. The lowest BCUT2D eigenvalue weighted by Gasteiger charge is -2.47. The minimum Gasteiger partial charge on any atom is -0.393 e. The molecular weight excluding hydrogens is 1160 g/mol. The van der Waals surface area contributed by atoms with E-state index in [9.17, 15) is 48.8 Å². The molecule has 2 rings (SSSR count). The summed E-state index contributed by atoms with van der Waals surface area (Å²) >= 11 is 0. The highest BCUT2D eigenvalue weighted by atomic mass is 31.2. The molecule has 87 heavy (non-hydrogen) atoms. The fourth-order valence-corrected chi connectivity index (χ4v) is 12.5. The van der Waals surface area contributed by atoms with Gasteiger partial charge in [-0.1, -0.05) is 232 Å². The Morgan fingerprint density at radius 2 is 0.874 bits per heavy atom. The maximum Gasteiger partial charge on any atom is 0.472 e. The van der Waals surface area contributed by atoms with Gasteiger partial charge in [0.05, 0.1) is 31.8 Å². The smallest absolute Gasteiger partial charge is 0.393 e. The van der Waals surface area contributed by atoms with Gasteiger partial charge in [-0.3, -0.25) is 13.8 Å². The molecule has 0 aromatic heterocycles. The zero-order valence-corrected chi connectivity index (χ0v) is 56.6. The van der Waals surface area contributed by atoms with Crippen LogP contribution in [0.2, 0.25) is 0 Å². The Kier molecular flexibility index (Phi) is 49.5. The number of hydrogen-bond donors (Lipinski definition) is 8. The van der Waals surface area contributed by atoms with Gasteiger partial charge in [-0.15, -0.1) is 0 Å². The highest BCUT2D eigenvalue weighted by Crippen LogP contribution is 2.44. The van der Waals surface area contributed by atoms with Gasteiger partial charge in [0.1, 0.15) is 48.8 Å². The van der Waals surface area contributed by atoms with E-state index in [1.54, 1.807) is 0 Å². The number of nitrogens with one attached hydrogen (secondary N) is 1. The predicted molar refractivity (Wildman–Crippen MR) is 341 cm³/mol. The number of allylic oxidation sites excluding steroid dienone is 2. The Morgan fingerprint density at radius 1 is 0.460 bits per heavy atom. The highest BCUT2D eigenvalue weighted by molar-refractivity contribution is 7.46. The summed E-state index contributed by atoms with van der Waals surface area (Å²) in [6.07, 6.45) is 28.9. The van der Waals surface area contributed by atoms with Crippen molar-refractivity contribution >= 4 is 21.6 Å². The first-order valence-electron chi connectivity index (χ1n) is 34.7. The van der Waals surface area contributed by atoms with Crippen molar-refractivity contribution in [3.05, 3.63) is 12.2 Å². The van der Waals surface area contributed by atoms with Crippen molar-refractivity contribution in [2.24, 2.45) is 0 Å². The monoisotopic (exact) mass is 1290 g/mol. The predicted octanol–water partition coefficient (Wildman–Crippen LogP) is 13.6. The molecule has 0 unspecified atom stereocenters. The summed E-state index contributed by atoms with van der Waals surface area (Å²) in [6.45, 7) is 8.12. The van der Waals surface area contributed by atoms with Crippen molar-refractivity contribution in [1.82, 2.24) is 5.32 Å². The number of rotatable bonds is 59. The fourth-order valence-electron chi connectivity index (χ4n) is 11.5. The minimum absolute atomic E-state index is 0.134. The van der Waals surface area contributed by atoms with E-state index in [0.29, 0.717) is 32.1 Å². The molecule has 0 radical (unpaired) electrons. The summed E-state index contributed by atoms with van der Waals surface area (Å²) < 4.78 is 79.6. The Hall–Kier alpha value is -0.970. The van der Waals surface area contributed by atoms with Crippen molar-refractivity contribution < 1.29 is 91.0 Å².